The number of aromatic nitrogens is 2. The first-order valence-corrected chi connectivity index (χ1v) is 8.23. The van der Waals surface area contributed by atoms with E-state index in [1.54, 1.807) is 6.33 Å². The van der Waals surface area contributed by atoms with E-state index < -0.39 is 6.04 Å². The molecule has 0 saturated heterocycles. The van der Waals surface area contributed by atoms with Crippen molar-refractivity contribution >= 4 is 16.9 Å². The van der Waals surface area contributed by atoms with Crippen molar-refractivity contribution in [2.24, 2.45) is 5.73 Å². The zero-order valence-electron chi connectivity index (χ0n) is 13.7. The van der Waals surface area contributed by atoms with Gasteiger partial charge in [-0.3, -0.25) is 4.79 Å². The molecule has 2 unspecified atom stereocenters. The SMILES string of the molecule is CCCC(N)C(=O)NC(c1ccccc1)c1ccc2nc[nH]c2c1. The Morgan fingerprint density at radius 1 is 1.21 bits per heavy atom. The molecule has 124 valence electrons. The van der Waals surface area contributed by atoms with E-state index in [2.05, 4.69) is 15.3 Å². The molecule has 1 aromatic heterocycles. The molecule has 0 saturated carbocycles. The lowest BCUT2D eigenvalue weighted by atomic mass is 9.97. The molecule has 5 nitrogen and oxygen atoms in total. The first kappa shape index (κ1) is 16.2. The van der Waals surface area contributed by atoms with Crippen LogP contribution in [0.2, 0.25) is 0 Å². The predicted molar refractivity (Wildman–Crippen MR) is 95.4 cm³/mol. The molecule has 0 aliphatic carbocycles. The highest BCUT2D eigenvalue weighted by Gasteiger charge is 2.20. The molecule has 0 radical (unpaired) electrons. The Bertz CT molecular complexity index is 812. The Kier molecular flexibility index (Phi) is 4.91. The summed E-state index contributed by atoms with van der Waals surface area (Å²) >= 11 is 0. The lowest BCUT2D eigenvalue weighted by molar-refractivity contribution is -0.123. The number of aromatic amines is 1. The minimum Gasteiger partial charge on any atom is -0.345 e. The summed E-state index contributed by atoms with van der Waals surface area (Å²) in [6.07, 6.45) is 3.22. The fraction of sp³-hybridized carbons (Fsp3) is 0.263. The van der Waals surface area contributed by atoms with Gasteiger partial charge in [0.1, 0.15) is 0 Å². The topological polar surface area (TPSA) is 83.8 Å². The van der Waals surface area contributed by atoms with Crippen molar-refractivity contribution in [3.63, 3.8) is 0 Å². The number of nitrogens with two attached hydrogens (primary N) is 1. The third-order valence-electron chi connectivity index (χ3n) is 4.13. The maximum absolute atomic E-state index is 12.4. The fourth-order valence-electron chi connectivity index (χ4n) is 2.83. The number of fused-ring (bicyclic) bond motifs is 1. The zero-order valence-corrected chi connectivity index (χ0v) is 13.7. The second kappa shape index (κ2) is 7.27. The number of benzene rings is 2. The average Bonchev–Trinajstić information content (AvgIpc) is 3.08. The van der Waals surface area contributed by atoms with Gasteiger partial charge in [-0.05, 0) is 29.7 Å². The molecule has 5 heteroatoms. The number of imidazole rings is 1. The number of nitrogens with zero attached hydrogens (tertiary/aromatic N) is 1. The van der Waals surface area contributed by atoms with Crippen LogP contribution in [0.25, 0.3) is 11.0 Å². The molecule has 0 aliphatic rings. The Balaban J connectivity index is 1.94. The second-order valence-electron chi connectivity index (χ2n) is 5.93. The Hall–Kier alpha value is -2.66. The lowest BCUT2D eigenvalue weighted by Gasteiger charge is -2.22. The van der Waals surface area contributed by atoms with Gasteiger partial charge in [0.05, 0.1) is 29.4 Å². The van der Waals surface area contributed by atoms with Crippen molar-refractivity contribution < 1.29 is 4.79 Å². The van der Waals surface area contributed by atoms with Crippen LogP contribution in [0.5, 0.6) is 0 Å². The van der Waals surface area contributed by atoms with Gasteiger partial charge in [-0.2, -0.15) is 0 Å². The quantitative estimate of drug-likeness (QED) is 0.652. The molecule has 2 aromatic carbocycles. The van der Waals surface area contributed by atoms with E-state index in [9.17, 15) is 4.79 Å². The average molecular weight is 322 g/mol. The van der Waals surface area contributed by atoms with Crippen molar-refractivity contribution in [2.45, 2.75) is 31.8 Å². The van der Waals surface area contributed by atoms with Crippen LogP contribution in [0.4, 0.5) is 0 Å². The summed E-state index contributed by atoms with van der Waals surface area (Å²) < 4.78 is 0. The Morgan fingerprint density at radius 3 is 2.75 bits per heavy atom. The standard InChI is InChI=1S/C19H22N4O/c1-2-6-15(20)19(24)23-18(13-7-4-3-5-8-13)14-9-10-16-17(11-14)22-12-21-16/h3-5,7-12,15,18H,2,6,20H2,1H3,(H,21,22)(H,23,24). The Morgan fingerprint density at radius 2 is 2.00 bits per heavy atom. The van der Waals surface area contributed by atoms with E-state index in [1.165, 1.54) is 0 Å². The third kappa shape index (κ3) is 3.46. The summed E-state index contributed by atoms with van der Waals surface area (Å²) in [5.74, 6) is -0.129. The van der Waals surface area contributed by atoms with Gasteiger partial charge < -0.3 is 16.0 Å². The van der Waals surface area contributed by atoms with Crippen LogP contribution in [-0.4, -0.2) is 21.9 Å². The van der Waals surface area contributed by atoms with E-state index in [4.69, 9.17) is 5.73 Å². The first-order valence-electron chi connectivity index (χ1n) is 8.23. The molecule has 1 amide bonds. The first-order chi connectivity index (χ1) is 11.7. The van der Waals surface area contributed by atoms with Gasteiger partial charge in [0.15, 0.2) is 0 Å². The number of rotatable bonds is 6. The summed E-state index contributed by atoms with van der Waals surface area (Å²) in [6.45, 7) is 2.02. The lowest BCUT2D eigenvalue weighted by Crippen LogP contribution is -2.42. The minimum absolute atomic E-state index is 0.129. The van der Waals surface area contributed by atoms with Gasteiger partial charge in [-0.1, -0.05) is 49.7 Å². The fourth-order valence-corrected chi connectivity index (χ4v) is 2.83. The monoisotopic (exact) mass is 322 g/mol. The van der Waals surface area contributed by atoms with Gasteiger partial charge in [-0.25, -0.2) is 4.98 Å². The van der Waals surface area contributed by atoms with E-state index in [0.29, 0.717) is 6.42 Å². The smallest absolute Gasteiger partial charge is 0.237 e. The number of amides is 1. The van der Waals surface area contributed by atoms with Gasteiger partial charge in [0.2, 0.25) is 5.91 Å². The molecule has 3 rings (SSSR count). The van der Waals surface area contributed by atoms with Crippen LogP contribution in [0, 0.1) is 0 Å². The molecule has 0 fully saturated rings. The molecular formula is C19H22N4O. The second-order valence-corrected chi connectivity index (χ2v) is 5.93. The molecule has 0 spiro atoms. The maximum Gasteiger partial charge on any atom is 0.237 e. The van der Waals surface area contributed by atoms with Crippen LogP contribution in [0.1, 0.15) is 36.9 Å². The van der Waals surface area contributed by atoms with Crippen LogP contribution < -0.4 is 11.1 Å². The van der Waals surface area contributed by atoms with E-state index in [0.717, 1.165) is 28.6 Å². The van der Waals surface area contributed by atoms with Crippen molar-refractivity contribution in [2.75, 3.05) is 0 Å². The van der Waals surface area contributed by atoms with Crippen molar-refractivity contribution in [1.29, 1.82) is 0 Å². The molecule has 4 N–H and O–H groups in total. The number of hydrogen-bond acceptors (Lipinski definition) is 3. The summed E-state index contributed by atoms with van der Waals surface area (Å²) in [5, 5.41) is 3.09. The van der Waals surface area contributed by atoms with Crippen LogP contribution in [-0.2, 0) is 4.79 Å². The highest BCUT2D eigenvalue weighted by Crippen LogP contribution is 2.24. The van der Waals surface area contributed by atoms with Crippen LogP contribution >= 0.6 is 0 Å². The van der Waals surface area contributed by atoms with Gasteiger partial charge in [0.25, 0.3) is 0 Å². The highest BCUT2D eigenvalue weighted by atomic mass is 16.2. The molecular weight excluding hydrogens is 300 g/mol. The Labute approximate surface area is 141 Å². The highest BCUT2D eigenvalue weighted by molar-refractivity contribution is 5.82. The van der Waals surface area contributed by atoms with Crippen molar-refractivity contribution in [1.82, 2.24) is 15.3 Å². The zero-order chi connectivity index (χ0) is 16.9. The molecule has 2 atom stereocenters. The molecule has 0 bridgehead atoms. The largest absolute Gasteiger partial charge is 0.345 e. The molecule has 24 heavy (non-hydrogen) atoms. The number of hydrogen-bond donors (Lipinski definition) is 3. The van der Waals surface area contributed by atoms with Gasteiger partial charge in [0, 0.05) is 0 Å². The van der Waals surface area contributed by atoms with Crippen molar-refractivity contribution in [3.05, 3.63) is 66.0 Å². The summed E-state index contributed by atoms with van der Waals surface area (Å²) in [4.78, 5) is 19.8. The summed E-state index contributed by atoms with van der Waals surface area (Å²) in [5.41, 5.74) is 9.84. The third-order valence-corrected chi connectivity index (χ3v) is 4.13. The summed E-state index contributed by atoms with van der Waals surface area (Å²) in [6, 6.07) is 15.1. The van der Waals surface area contributed by atoms with Crippen LogP contribution in [0.15, 0.2) is 54.9 Å². The molecule has 3 aromatic rings. The number of carbonyl (C=O) groups excluding carboxylic acids is 1. The predicted octanol–water partition coefficient (Wildman–Crippen LogP) is 2.90. The van der Waals surface area contributed by atoms with Crippen molar-refractivity contribution in [3.8, 4) is 0 Å². The van der Waals surface area contributed by atoms with E-state index in [1.807, 2.05) is 55.5 Å². The number of nitrogens with one attached hydrogen (secondary N) is 2. The van der Waals surface area contributed by atoms with Gasteiger partial charge in [-0.15, -0.1) is 0 Å². The van der Waals surface area contributed by atoms with Gasteiger partial charge >= 0.3 is 0 Å². The summed E-state index contributed by atoms with van der Waals surface area (Å²) in [7, 11) is 0. The van der Waals surface area contributed by atoms with Crippen LogP contribution in [0.3, 0.4) is 0 Å². The number of H-pyrrole nitrogens is 1. The maximum atomic E-state index is 12.4. The number of carbonyl (C=O) groups is 1. The van der Waals surface area contributed by atoms with E-state index >= 15 is 0 Å². The van der Waals surface area contributed by atoms with E-state index in [-0.39, 0.29) is 11.9 Å². The molecule has 0 aliphatic heterocycles. The normalized spacial score (nSPS) is 13.6. The minimum atomic E-state index is -0.489. The molecule has 1 heterocycles.